The van der Waals surface area contributed by atoms with Crippen LogP contribution in [0.3, 0.4) is 0 Å². The monoisotopic (exact) mass is 353 g/mol. The van der Waals surface area contributed by atoms with E-state index < -0.39 is 0 Å². The number of rotatable bonds is 6. The van der Waals surface area contributed by atoms with Gasteiger partial charge in [0.25, 0.3) is 0 Å². The van der Waals surface area contributed by atoms with Gasteiger partial charge in [-0.1, -0.05) is 33.1 Å². The number of pyridine rings is 1. The van der Waals surface area contributed by atoms with E-state index in [2.05, 4.69) is 58.1 Å². The van der Waals surface area contributed by atoms with Crippen LogP contribution in [0, 0.1) is 5.92 Å². The number of aromatic nitrogens is 1. The second-order valence-electron chi connectivity index (χ2n) is 6.56. The fraction of sp³-hybridized carbons (Fsp3) is 0.706. The molecular weight excluding hydrogens is 326 g/mol. The average Bonchev–Trinajstić information content (AvgIpc) is 2.46. The fourth-order valence-electron chi connectivity index (χ4n) is 3.11. The lowest BCUT2D eigenvalue weighted by Gasteiger charge is -2.29. The Morgan fingerprint density at radius 3 is 2.71 bits per heavy atom. The predicted molar refractivity (Wildman–Crippen MR) is 93.8 cm³/mol. The number of hydrogen-bond acceptors (Lipinski definition) is 3. The van der Waals surface area contributed by atoms with Crippen LogP contribution in [0.15, 0.2) is 16.7 Å². The van der Waals surface area contributed by atoms with Gasteiger partial charge >= 0.3 is 0 Å². The van der Waals surface area contributed by atoms with E-state index in [1.54, 1.807) is 0 Å². The molecule has 1 N–H and O–H groups in total. The summed E-state index contributed by atoms with van der Waals surface area (Å²) in [6, 6.07) is 2.68. The molecule has 1 aromatic heterocycles. The summed E-state index contributed by atoms with van der Waals surface area (Å²) in [5.74, 6) is 1.96. The van der Waals surface area contributed by atoms with Gasteiger partial charge in [-0.3, -0.25) is 0 Å². The van der Waals surface area contributed by atoms with E-state index in [0.717, 1.165) is 29.3 Å². The summed E-state index contributed by atoms with van der Waals surface area (Å²) >= 11 is 3.54. The molecule has 118 valence electrons. The molecular formula is C17H28BrN3. The highest BCUT2D eigenvalue weighted by Crippen LogP contribution is 2.27. The molecule has 1 aliphatic rings. The number of nitrogens with zero attached hydrogens (tertiary/aromatic N) is 2. The average molecular weight is 354 g/mol. The summed E-state index contributed by atoms with van der Waals surface area (Å²) in [5, 5.41) is 3.50. The standard InChI is InChI=1S/C17H28BrN3/c1-13(2)19-10-15-9-16(18)11-20-17(15)21(3)12-14-7-5-4-6-8-14/h9,11,13-14,19H,4-8,10,12H2,1-3H3. The summed E-state index contributed by atoms with van der Waals surface area (Å²) < 4.78 is 1.05. The van der Waals surface area contributed by atoms with Crippen molar-refractivity contribution in [2.45, 2.75) is 58.5 Å². The van der Waals surface area contributed by atoms with E-state index in [-0.39, 0.29) is 0 Å². The van der Waals surface area contributed by atoms with Gasteiger partial charge in [-0.25, -0.2) is 4.98 Å². The second-order valence-corrected chi connectivity index (χ2v) is 7.47. The smallest absolute Gasteiger partial charge is 0.132 e. The Labute approximate surface area is 137 Å². The lowest BCUT2D eigenvalue weighted by atomic mass is 9.89. The number of halogens is 1. The first-order valence-corrected chi connectivity index (χ1v) is 8.94. The van der Waals surface area contributed by atoms with Crippen LogP contribution in [0.2, 0.25) is 0 Å². The molecule has 1 aliphatic carbocycles. The van der Waals surface area contributed by atoms with Crippen molar-refractivity contribution < 1.29 is 0 Å². The molecule has 3 nitrogen and oxygen atoms in total. The van der Waals surface area contributed by atoms with E-state index in [0.29, 0.717) is 6.04 Å². The molecule has 0 aliphatic heterocycles. The third-order valence-corrected chi connectivity index (χ3v) is 4.66. The normalized spacial score (nSPS) is 16.4. The highest BCUT2D eigenvalue weighted by molar-refractivity contribution is 9.10. The van der Waals surface area contributed by atoms with Crippen molar-refractivity contribution in [3.63, 3.8) is 0 Å². The molecule has 0 bridgehead atoms. The third kappa shape index (κ3) is 5.26. The lowest BCUT2D eigenvalue weighted by molar-refractivity contribution is 0.361. The molecule has 1 heterocycles. The summed E-state index contributed by atoms with van der Waals surface area (Å²) in [6.07, 6.45) is 8.87. The first kappa shape index (κ1) is 16.8. The first-order chi connectivity index (χ1) is 10.1. The second kappa shape index (κ2) is 8.14. The Bertz CT molecular complexity index is 442. The van der Waals surface area contributed by atoms with Crippen LogP contribution in [0.4, 0.5) is 5.82 Å². The van der Waals surface area contributed by atoms with Crippen molar-refractivity contribution in [1.29, 1.82) is 0 Å². The number of hydrogen-bond donors (Lipinski definition) is 1. The topological polar surface area (TPSA) is 28.2 Å². The molecule has 0 aromatic carbocycles. The quantitative estimate of drug-likeness (QED) is 0.823. The van der Waals surface area contributed by atoms with Gasteiger partial charge in [0.1, 0.15) is 5.82 Å². The van der Waals surface area contributed by atoms with Gasteiger partial charge in [-0.05, 0) is 40.8 Å². The number of nitrogens with one attached hydrogen (secondary N) is 1. The molecule has 1 fully saturated rings. The van der Waals surface area contributed by atoms with E-state index in [1.807, 2.05) is 6.20 Å². The van der Waals surface area contributed by atoms with Crippen molar-refractivity contribution in [2.24, 2.45) is 5.92 Å². The van der Waals surface area contributed by atoms with Crippen LogP contribution in [-0.4, -0.2) is 24.6 Å². The predicted octanol–water partition coefficient (Wildman–Crippen LogP) is 4.36. The zero-order valence-electron chi connectivity index (χ0n) is 13.5. The summed E-state index contributed by atoms with van der Waals surface area (Å²) in [4.78, 5) is 7.01. The summed E-state index contributed by atoms with van der Waals surface area (Å²) in [6.45, 7) is 6.35. The van der Waals surface area contributed by atoms with Crippen LogP contribution in [0.5, 0.6) is 0 Å². The summed E-state index contributed by atoms with van der Waals surface area (Å²) in [5.41, 5.74) is 1.27. The van der Waals surface area contributed by atoms with Crippen molar-refractivity contribution in [2.75, 3.05) is 18.5 Å². The van der Waals surface area contributed by atoms with Gasteiger partial charge in [-0.15, -0.1) is 0 Å². The van der Waals surface area contributed by atoms with Gasteiger partial charge in [0.2, 0.25) is 0 Å². The Kier molecular flexibility index (Phi) is 6.49. The minimum absolute atomic E-state index is 0.487. The van der Waals surface area contributed by atoms with Crippen LogP contribution >= 0.6 is 15.9 Å². The molecule has 2 rings (SSSR count). The highest BCUT2D eigenvalue weighted by atomic mass is 79.9. The molecule has 0 amide bonds. The first-order valence-electron chi connectivity index (χ1n) is 8.15. The van der Waals surface area contributed by atoms with Gasteiger partial charge in [0.15, 0.2) is 0 Å². The molecule has 21 heavy (non-hydrogen) atoms. The Hall–Kier alpha value is -0.610. The van der Waals surface area contributed by atoms with Gasteiger partial charge in [0.05, 0.1) is 0 Å². The van der Waals surface area contributed by atoms with Gasteiger partial charge in [0, 0.05) is 42.4 Å². The van der Waals surface area contributed by atoms with Gasteiger partial charge in [-0.2, -0.15) is 0 Å². The van der Waals surface area contributed by atoms with Gasteiger partial charge < -0.3 is 10.2 Å². The molecule has 1 saturated carbocycles. The Balaban J connectivity index is 2.05. The maximum atomic E-state index is 4.66. The molecule has 0 atom stereocenters. The van der Waals surface area contributed by atoms with Crippen LogP contribution < -0.4 is 10.2 Å². The van der Waals surface area contributed by atoms with Crippen LogP contribution in [0.1, 0.15) is 51.5 Å². The largest absolute Gasteiger partial charge is 0.359 e. The lowest BCUT2D eigenvalue weighted by Crippen LogP contribution is -2.30. The maximum absolute atomic E-state index is 4.66. The molecule has 1 aromatic rings. The van der Waals surface area contributed by atoms with Crippen molar-refractivity contribution >= 4 is 21.7 Å². The highest BCUT2D eigenvalue weighted by Gasteiger charge is 2.18. The Morgan fingerprint density at radius 1 is 1.33 bits per heavy atom. The van der Waals surface area contributed by atoms with Crippen molar-refractivity contribution in [3.05, 3.63) is 22.3 Å². The SMILES string of the molecule is CC(C)NCc1cc(Br)cnc1N(C)CC1CCCCC1. The fourth-order valence-corrected chi connectivity index (χ4v) is 3.48. The van der Waals surface area contributed by atoms with E-state index in [1.165, 1.54) is 37.7 Å². The van der Waals surface area contributed by atoms with E-state index in [4.69, 9.17) is 0 Å². The minimum atomic E-state index is 0.487. The van der Waals surface area contributed by atoms with Crippen LogP contribution in [0.25, 0.3) is 0 Å². The van der Waals surface area contributed by atoms with Crippen molar-refractivity contribution in [3.8, 4) is 0 Å². The molecule has 0 saturated heterocycles. The van der Waals surface area contributed by atoms with Crippen molar-refractivity contribution in [1.82, 2.24) is 10.3 Å². The minimum Gasteiger partial charge on any atom is -0.359 e. The Morgan fingerprint density at radius 2 is 2.05 bits per heavy atom. The molecule has 0 unspecified atom stereocenters. The summed E-state index contributed by atoms with van der Waals surface area (Å²) in [7, 11) is 2.18. The maximum Gasteiger partial charge on any atom is 0.132 e. The van der Waals surface area contributed by atoms with E-state index >= 15 is 0 Å². The molecule has 0 radical (unpaired) electrons. The zero-order valence-corrected chi connectivity index (χ0v) is 15.1. The van der Waals surface area contributed by atoms with E-state index in [9.17, 15) is 0 Å². The molecule has 4 heteroatoms. The zero-order chi connectivity index (χ0) is 15.2. The molecule has 0 spiro atoms. The number of anilines is 1. The van der Waals surface area contributed by atoms with Crippen LogP contribution in [-0.2, 0) is 6.54 Å². The third-order valence-electron chi connectivity index (χ3n) is 4.23.